The first-order chi connectivity index (χ1) is 10.1. The van der Waals surface area contributed by atoms with Crippen LogP contribution in [0.4, 0.5) is 0 Å². The van der Waals surface area contributed by atoms with Crippen molar-refractivity contribution in [2.75, 3.05) is 0 Å². The van der Waals surface area contributed by atoms with Gasteiger partial charge in [-0.2, -0.15) is 0 Å². The van der Waals surface area contributed by atoms with E-state index in [2.05, 4.69) is 51.6 Å². The summed E-state index contributed by atoms with van der Waals surface area (Å²) in [5, 5.41) is 3.82. The average Bonchev–Trinajstić information content (AvgIpc) is 2.49. The largest absolute Gasteiger partial charge is 0.352 e. The lowest BCUT2D eigenvalue weighted by Gasteiger charge is -2.09. The van der Waals surface area contributed by atoms with Gasteiger partial charge in [0, 0.05) is 11.9 Å². The van der Waals surface area contributed by atoms with E-state index in [1.165, 1.54) is 11.1 Å². The van der Waals surface area contributed by atoms with Crippen molar-refractivity contribution >= 4 is 21.8 Å². The van der Waals surface area contributed by atoms with Crippen LogP contribution in [0, 0.1) is 13.8 Å². The molecule has 2 aromatic rings. The molecule has 110 valence electrons. The lowest BCUT2D eigenvalue weighted by Crippen LogP contribution is -2.24. The predicted molar refractivity (Wildman–Crippen MR) is 90.5 cm³/mol. The van der Waals surface area contributed by atoms with E-state index in [4.69, 9.17) is 0 Å². The van der Waals surface area contributed by atoms with Crippen LogP contribution < -0.4 is 5.32 Å². The molecular formula is C18H20BrNO. The minimum atomic E-state index is 0.0629. The van der Waals surface area contributed by atoms with Crippen LogP contribution in [-0.4, -0.2) is 5.91 Å². The van der Waals surface area contributed by atoms with Crippen molar-refractivity contribution < 1.29 is 4.79 Å². The highest BCUT2D eigenvalue weighted by atomic mass is 79.9. The fourth-order valence-electron chi connectivity index (χ4n) is 2.25. The molecule has 0 unspecified atom stereocenters. The Hall–Kier alpha value is -1.61. The van der Waals surface area contributed by atoms with Gasteiger partial charge in [0.1, 0.15) is 0 Å². The first-order valence-electron chi connectivity index (χ1n) is 7.05. The van der Waals surface area contributed by atoms with Crippen molar-refractivity contribution in [2.45, 2.75) is 32.1 Å². The molecular weight excluding hydrogens is 326 g/mol. The van der Waals surface area contributed by atoms with Crippen LogP contribution in [0.5, 0.6) is 0 Å². The molecule has 0 radical (unpaired) electrons. The Morgan fingerprint density at radius 3 is 2.62 bits per heavy atom. The molecule has 2 rings (SSSR count). The summed E-state index contributed by atoms with van der Waals surface area (Å²) in [5.74, 6) is 0.0629. The monoisotopic (exact) mass is 345 g/mol. The Morgan fingerprint density at radius 2 is 1.86 bits per heavy atom. The summed E-state index contributed by atoms with van der Waals surface area (Å²) in [4.78, 5) is 12.1. The van der Waals surface area contributed by atoms with Gasteiger partial charge in [0.25, 0.3) is 0 Å². The normalized spacial score (nSPS) is 10.4. The summed E-state index contributed by atoms with van der Waals surface area (Å²) in [6.45, 7) is 4.67. The zero-order valence-corrected chi connectivity index (χ0v) is 14.0. The maximum Gasteiger partial charge on any atom is 0.224 e. The van der Waals surface area contributed by atoms with E-state index in [9.17, 15) is 4.79 Å². The van der Waals surface area contributed by atoms with Crippen molar-refractivity contribution in [3.05, 3.63) is 70.3 Å². The molecule has 3 heteroatoms. The van der Waals surface area contributed by atoms with E-state index < -0.39 is 0 Å². The van der Waals surface area contributed by atoms with Crippen LogP contribution >= 0.6 is 15.9 Å². The Balaban J connectivity index is 1.94. The molecule has 1 amide bonds. The van der Waals surface area contributed by atoms with Crippen molar-refractivity contribution in [3.63, 3.8) is 0 Å². The third-order valence-electron chi connectivity index (χ3n) is 3.49. The van der Waals surface area contributed by atoms with Crippen LogP contribution in [0.15, 0.2) is 42.5 Å². The minimum absolute atomic E-state index is 0.0629. The second-order valence-electron chi connectivity index (χ2n) is 5.34. The molecule has 0 bridgehead atoms. The number of hydrogen-bond acceptors (Lipinski definition) is 1. The topological polar surface area (TPSA) is 29.1 Å². The van der Waals surface area contributed by atoms with Gasteiger partial charge in [-0.25, -0.2) is 0 Å². The molecule has 0 saturated heterocycles. The van der Waals surface area contributed by atoms with E-state index in [0.717, 1.165) is 22.0 Å². The van der Waals surface area contributed by atoms with Gasteiger partial charge in [0.05, 0.1) is 6.42 Å². The van der Waals surface area contributed by atoms with E-state index in [1.54, 1.807) is 0 Å². The first-order valence-corrected chi connectivity index (χ1v) is 8.17. The van der Waals surface area contributed by atoms with Gasteiger partial charge in [0.15, 0.2) is 0 Å². The van der Waals surface area contributed by atoms with Crippen LogP contribution in [0.1, 0.15) is 27.8 Å². The molecule has 0 aliphatic heterocycles. The Morgan fingerprint density at radius 1 is 1.10 bits per heavy atom. The van der Waals surface area contributed by atoms with Gasteiger partial charge in [-0.1, -0.05) is 64.0 Å². The number of carbonyl (C=O) groups is 1. The number of amides is 1. The van der Waals surface area contributed by atoms with E-state index in [-0.39, 0.29) is 5.91 Å². The summed E-state index contributed by atoms with van der Waals surface area (Å²) in [5.41, 5.74) is 5.80. The average molecular weight is 346 g/mol. The van der Waals surface area contributed by atoms with Crippen LogP contribution in [-0.2, 0) is 23.1 Å². The molecule has 21 heavy (non-hydrogen) atoms. The highest BCUT2D eigenvalue weighted by molar-refractivity contribution is 9.08. The molecule has 2 aromatic carbocycles. The number of hydrogen-bond donors (Lipinski definition) is 1. The molecule has 0 spiro atoms. The standard InChI is InChI=1S/C18H20BrNO/c1-13-6-7-14(2)17(8-13)10-18(21)20-12-16-5-3-4-15(9-16)11-19/h3-9H,10-12H2,1-2H3,(H,20,21). The van der Waals surface area contributed by atoms with Crippen molar-refractivity contribution in [1.29, 1.82) is 0 Å². The van der Waals surface area contributed by atoms with Crippen molar-refractivity contribution in [3.8, 4) is 0 Å². The quantitative estimate of drug-likeness (QED) is 0.813. The number of alkyl halides is 1. The highest BCUT2D eigenvalue weighted by Gasteiger charge is 2.06. The van der Waals surface area contributed by atoms with Crippen LogP contribution in [0.3, 0.4) is 0 Å². The highest BCUT2D eigenvalue weighted by Crippen LogP contribution is 2.12. The van der Waals surface area contributed by atoms with E-state index in [1.807, 2.05) is 26.0 Å². The lowest BCUT2D eigenvalue weighted by molar-refractivity contribution is -0.120. The first kappa shape index (κ1) is 15.8. The number of benzene rings is 2. The molecule has 0 aliphatic rings. The molecule has 1 N–H and O–H groups in total. The van der Waals surface area contributed by atoms with Gasteiger partial charge in [0.2, 0.25) is 5.91 Å². The number of aryl methyl sites for hydroxylation is 2. The van der Waals surface area contributed by atoms with Gasteiger partial charge >= 0.3 is 0 Å². The Kier molecular flexibility index (Phi) is 5.57. The van der Waals surface area contributed by atoms with Crippen LogP contribution in [0.25, 0.3) is 0 Å². The van der Waals surface area contributed by atoms with Gasteiger partial charge in [-0.05, 0) is 36.1 Å². The molecule has 0 saturated carbocycles. The SMILES string of the molecule is Cc1ccc(C)c(CC(=O)NCc2cccc(CBr)c2)c1. The Labute approximate surface area is 134 Å². The zero-order chi connectivity index (χ0) is 15.2. The number of nitrogens with one attached hydrogen (secondary N) is 1. The van der Waals surface area contributed by atoms with E-state index >= 15 is 0 Å². The van der Waals surface area contributed by atoms with Gasteiger partial charge < -0.3 is 5.32 Å². The van der Waals surface area contributed by atoms with Crippen molar-refractivity contribution in [1.82, 2.24) is 5.32 Å². The molecule has 0 atom stereocenters. The van der Waals surface area contributed by atoms with Gasteiger partial charge in [-0.15, -0.1) is 0 Å². The van der Waals surface area contributed by atoms with Crippen molar-refractivity contribution in [2.24, 2.45) is 0 Å². The Bertz CT molecular complexity index is 637. The fraction of sp³-hybridized carbons (Fsp3) is 0.278. The fourth-order valence-corrected chi connectivity index (χ4v) is 2.60. The molecule has 0 heterocycles. The third kappa shape index (κ3) is 4.71. The predicted octanol–water partition coefficient (Wildman–Crippen LogP) is 4.06. The third-order valence-corrected chi connectivity index (χ3v) is 4.14. The summed E-state index contributed by atoms with van der Waals surface area (Å²) in [6, 6.07) is 14.4. The lowest BCUT2D eigenvalue weighted by atomic mass is 10.0. The zero-order valence-electron chi connectivity index (χ0n) is 12.4. The molecule has 0 aromatic heterocycles. The van der Waals surface area contributed by atoms with Crippen LogP contribution in [0.2, 0.25) is 0 Å². The summed E-state index contributed by atoms with van der Waals surface area (Å²) < 4.78 is 0. The molecule has 0 aliphatic carbocycles. The second-order valence-corrected chi connectivity index (χ2v) is 5.90. The van der Waals surface area contributed by atoms with E-state index in [0.29, 0.717) is 13.0 Å². The minimum Gasteiger partial charge on any atom is -0.352 e. The summed E-state index contributed by atoms with van der Waals surface area (Å²) in [7, 11) is 0. The number of rotatable bonds is 5. The maximum absolute atomic E-state index is 12.1. The summed E-state index contributed by atoms with van der Waals surface area (Å²) >= 11 is 3.44. The smallest absolute Gasteiger partial charge is 0.224 e. The summed E-state index contributed by atoms with van der Waals surface area (Å²) in [6.07, 6.45) is 0.436. The van der Waals surface area contributed by atoms with Gasteiger partial charge in [-0.3, -0.25) is 4.79 Å². The molecule has 0 fully saturated rings. The second kappa shape index (κ2) is 7.41. The maximum atomic E-state index is 12.1. The molecule has 2 nitrogen and oxygen atoms in total. The number of carbonyl (C=O) groups excluding carboxylic acids is 1. The number of halogens is 1.